The summed E-state index contributed by atoms with van der Waals surface area (Å²) >= 11 is 0. The maximum atomic E-state index is 12.3. The molecule has 0 saturated carbocycles. The smallest absolute Gasteiger partial charge is 0.273 e. The summed E-state index contributed by atoms with van der Waals surface area (Å²) in [6.45, 7) is 4.42. The Hall–Kier alpha value is -2.14. The van der Waals surface area contributed by atoms with Crippen LogP contribution in [0, 0.1) is 0 Å². The van der Waals surface area contributed by atoms with E-state index < -0.39 is 0 Å². The number of rotatable bonds is 6. The van der Waals surface area contributed by atoms with E-state index in [4.69, 9.17) is 10.3 Å². The number of hydrogen-bond acceptors (Lipinski definition) is 4. The molecule has 1 aromatic heterocycles. The topological polar surface area (TPSA) is 81.1 Å². The Kier molecular flexibility index (Phi) is 4.75. The first kappa shape index (κ1) is 15.3. The average molecular weight is 287 g/mol. The fourth-order valence-corrected chi connectivity index (χ4v) is 2.19. The van der Waals surface area contributed by atoms with E-state index in [2.05, 4.69) is 10.5 Å². The molecule has 0 spiro atoms. The average Bonchev–Trinajstić information content (AvgIpc) is 3.04. The number of nitrogens with zero attached hydrogens (tertiary/aromatic N) is 1. The molecule has 21 heavy (non-hydrogen) atoms. The fourth-order valence-electron chi connectivity index (χ4n) is 2.19. The summed E-state index contributed by atoms with van der Waals surface area (Å²) in [5.74, 6) is 0.321. The zero-order valence-corrected chi connectivity index (χ0v) is 12.4. The van der Waals surface area contributed by atoms with Crippen molar-refractivity contribution >= 4 is 5.91 Å². The van der Waals surface area contributed by atoms with Crippen LogP contribution >= 0.6 is 0 Å². The van der Waals surface area contributed by atoms with Crippen LogP contribution in [0.15, 0.2) is 40.9 Å². The Balaban J connectivity index is 2.16. The van der Waals surface area contributed by atoms with Crippen LogP contribution in [-0.2, 0) is 0 Å². The van der Waals surface area contributed by atoms with E-state index in [1.165, 1.54) is 0 Å². The van der Waals surface area contributed by atoms with Crippen LogP contribution < -0.4 is 11.1 Å². The summed E-state index contributed by atoms with van der Waals surface area (Å²) in [4.78, 5) is 12.3. The van der Waals surface area contributed by atoms with Crippen molar-refractivity contribution in [2.75, 3.05) is 6.54 Å². The van der Waals surface area contributed by atoms with E-state index in [0.717, 1.165) is 18.4 Å². The Bertz CT molecular complexity index is 580. The van der Waals surface area contributed by atoms with Gasteiger partial charge in [0.25, 0.3) is 5.91 Å². The third-order valence-electron chi connectivity index (χ3n) is 3.92. The van der Waals surface area contributed by atoms with Gasteiger partial charge in [0.05, 0.1) is 5.54 Å². The monoisotopic (exact) mass is 287 g/mol. The molecule has 5 nitrogen and oxygen atoms in total. The maximum Gasteiger partial charge on any atom is 0.273 e. The highest BCUT2D eigenvalue weighted by molar-refractivity contribution is 5.93. The number of carbonyl (C=O) groups excluding carboxylic acids is 1. The number of amides is 1. The van der Waals surface area contributed by atoms with Gasteiger partial charge in [-0.25, -0.2) is 0 Å². The Labute approximate surface area is 124 Å². The van der Waals surface area contributed by atoms with Crippen molar-refractivity contribution < 1.29 is 9.32 Å². The number of hydrogen-bond donors (Lipinski definition) is 2. The quantitative estimate of drug-likeness (QED) is 0.855. The molecular formula is C16H21N3O2. The summed E-state index contributed by atoms with van der Waals surface area (Å²) in [7, 11) is 0. The Morgan fingerprint density at radius 1 is 1.29 bits per heavy atom. The summed E-state index contributed by atoms with van der Waals surface area (Å²) in [5.41, 5.74) is 6.57. The van der Waals surface area contributed by atoms with Gasteiger partial charge in [-0.1, -0.05) is 49.3 Å². The van der Waals surface area contributed by atoms with E-state index >= 15 is 0 Å². The van der Waals surface area contributed by atoms with Gasteiger partial charge >= 0.3 is 0 Å². The molecule has 5 heteroatoms. The molecule has 2 aromatic rings. The molecule has 2 rings (SSSR count). The normalized spacial score (nSPS) is 11.4. The maximum absolute atomic E-state index is 12.3. The lowest BCUT2D eigenvalue weighted by atomic mass is 9.93. The molecule has 0 unspecified atom stereocenters. The molecule has 0 bridgehead atoms. The highest BCUT2D eigenvalue weighted by Crippen LogP contribution is 2.20. The number of aromatic nitrogens is 1. The minimum absolute atomic E-state index is 0.255. The van der Waals surface area contributed by atoms with E-state index in [1.54, 1.807) is 6.07 Å². The molecule has 0 radical (unpaired) electrons. The van der Waals surface area contributed by atoms with Crippen molar-refractivity contribution in [1.82, 2.24) is 10.5 Å². The van der Waals surface area contributed by atoms with Gasteiger partial charge in [0.2, 0.25) is 0 Å². The number of carbonyl (C=O) groups is 1. The van der Waals surface area contributed by atoms with Gasteiger partial charge < -0.3 is 15.6 Å². The second-order valence-corrected chi connectivity index (χ2v) is 5.09. The highest BCUT2D eigenvalue weighted by Gasteiger charge is 2.28. The third kappa shape index (κ3) is 3.31. The highest BCUT2D eigenvalue weighted by atomic mass is 16.5. The van der Waals surface area contributed by atoms with Gasteiger partial charge in [-0.2, -0.15) is 0 Å². The molecule has 0 fully saturated rings. The molecule has 112 valence electrons. The van der Waals surface area contributed by atoms with Crippen molar-refractivity contribution in [1.29, 1.82) is 0 Å². The van der Waals surface area contributed by atoms with Gasteiger partial charge in [0.15, 0.2) is 11.5 Å². The molecule has 1 amide bonds. The predicted molar refractivity (Wildman–Crippen MR) is 81.8 cm³/mol. The number of nitrogens with two attached hydrogens (primary N) is 1. The van der Waals surface area contributed by atoms with E-state index in [-0.39, 0.29) is 17.1 Å². The molecule has 1 heterocycles. The lowest BCUT2D eigenvalue weighted by molar-refractivity contribution is 0.0886. The van der Waals surface area contributed by atoms with E-state index in [9.17, 15) is 4.79 Å². The summed E-state index contributed by atoms with van der Waals surface area (Å²) in [6.07, 6.45) is 1.55. The number of benzene rings is 1. The fraction of sp³-hybridized carbons (Fsp3) is 0.375. The molecule has 0 aliphatic carbocycles. The Morgan fingerprint density at radius 3 is 2.52 bits per heavy atom. The molecule has 0 aliphatic heterocycles. The second kappa shape index (κ2) is 6.54. The van der Waals surface area contributed by atoms with Gasteiger partial charge in [-0.3, -0.25) is 4.79 Å². The van der Waals surface area contributed by atoms with Crippen LogP contribution in [0.25, 0.3) is 11.3 Å². The first-order valence-corrected chi connectivity index (χ1v) is 7.19. The van der Waals surface area contributed by atoms with Gasteiger partial charge in [-0.15, -0.1) is 0 Å². The lowest BCUT2D eigenvalue weighted by Crippen LogP contribution is -2.52. The van der Waals surface area contributed by atoms with Crippen LogP contribution in [0.5, 0.6) is 0 Å². The largest absolute Gasteiger partial charge is 0.355 e. The van der Waals surface area contributed by atoms with Crippen molar-refractivity contribution in [3.05, 3.63) is 42.1 Å². The van der Waals surface area contributed by atoms with Crippen molar-refractivity contribution in [2.24, 2.45) is 5.73 Å². The second-order valence-electron chi connectivity index (χ2n) is 5.09. The van der Waals surface area contributed by atoms with Crippen LogP contribution in [-0.4, -0.2) is 23.1 Å². The minimum Gasteiger partial charge on any atom is -0.355 e. The molecular weight excluding hydrogens is 266 g/mol. The zero-order chi connectivity index (χ0) is 15.3. The first-order valence-electron chi connectivity index (χ1n) is 7.19. The van der Waals surface area contributed by atoms with Gasteiger partial charge in [0, 0.05) is 18.2 Å². The lowest BCUT2D eigenvalue weighted by Gasteiger charge is -2.30. The Morgan fingerprint density at radius 2 is 1.95 bits per heavy atom. The van der Waals surface area contributed by atoms with E-state index in [0.29, 0.717) is 12.3 Å². The summed E-state index contributed by atoms with van der Waals surface area (Å²) < 4.78 is 5.25. The molecule has 0 atom stereocenters. The van der Waals surface area contributed by atoms with Crippen LogP contribution in [0.1, 0.15) is 37.2 Å². The summed E-state index contributed by atoms with van der Waals surface area (Å²) in [6, 6.07) is 11.2. The molecule has 1 aromatic carbocycles. The SMILES string of the molecule is CCC(CC)(CN)NC(=O)c1cc(-c2ccccc2)on1. The zero-order valence-electron chi connectivity index (χ0n) is 12.4. The molecule has 0 saturated heterocycles. The third-order valence-corrected chi connectivity index (χ3v) is 3.92. The number of nitrogens with one attached hydrogen (secondary N) is 1. The van der Waals surface area contributed by atoms with Crippen LogP contribution in [0.3, 0.4) is 0 Å². The van der Waals surface area contributed by atoms with Crippen molar-refractivity contribution in [3.63, 3.8) is 0 Å². The standard InChI is InChI=1S/C16H21N3O2/c1-3-16(4-2,11-17)18-15(20)13-10-14(21-19-13)12-8-6-5-7-9-12/h5-10H,3-4,11,17H2,1-2H3,(H,18,20). The minimum atomic E-state index is -0.386. The van der Waals surface area contributed by atoms with Gasteiger partial charge in [0.1, 0.15) is 0 Å². The first-order chi connectivity index (χ1) is 10.1. The predicted octanol–water partition coefficient (Wildman–Crippen LogP) is 2.59. The van der Waals surface area contributed by atoms with Gasteiger partial charge in [-0.05, 0) is 12.8 Å². The summed E-state index contributed by atoms with van der Waals surface area (Å²) in [5, 5.41) is 6.83. The van der Waals surface area contributed by atoms with Crippen molar-refractivity contribution in [2.45, 2.75) is 32.2 Å². The molecule has 0 aliphatic rings. The van der Waals surface area contributed by atoms with Crippen LogP contribution in [0.4, 0.5) is 0 Å². The molecule has 3 N–H and O–H groups in total. The van der Waals surface area contributed by atoms with Crippen molar-refractivity contribution in [3.8, 4) is 11.3 Å². The van der Waals surface area contributed by atoms with E-state index in [1.807, 2.05) is 44.2 Å². The van der Waals surface area contributed by atoms with Crippen LogP contribution in [0.2, 0.25) is 0 Å².